The Bertz CT molecular complexity index is 771. The van der Waals surface area contributed by atoms with Gasteiger partial charge in [0.05, 0.1) is 0 Å². The maximum atomic E-state index is 12.0. The van der Waals surface area contributed by atoms with E-state index in [0.29, 0.717) is 22.3 Å². The van der Waals surface area contributed by atoms with Crippen molar-refractivity contribution in [1.82, 2.24) is 4.98 Å². The molecule has 0 saturated heterocycles. The third-order valence-electron chi connectivity index (χ3n) is 3.09. The summed E-state index contributed by atoms with van der Waals surface area (Å²) in [7, 11) is 0. The minimum atomic E-state index is -0.176. The average molecular weight is 345 g/mol. The Morgan fingerprint density at radius 1 is 1.13 bits per heavy atom. The Balaban J connectivity index is 1.58. The van der Waals surface area contributed by atoms with Crippen molar-refractivity contribution in [2.45, 2.75) is 6.61 Å². The van der Waals surface area contributed by atoms with Gasteiger partial charge in [0, 0.05) is 22.2 Å². The molecule has 0 spiro atoms. The molecule has 1 aromatic heterocycles. The molecular formula is C17H13ClN2O2S. The van der Waals surface area contributed by atoms with E-state index in [0.717, 1.165) is 11.3 Å². The van der Waals surface area contributed by atoms with Gasteiger partial charge >= 0.3 is 0 Å². The highest BCUT2D eigenvalue weighted by Crippen LogP contribution is 2.17. The summed E-state index contributed by atoms with van der Waals surface area (Å²) in [5.74, 6) is 0.574. The Labute approximate surface area is 142 Å². The van der Waals surface area contributed by atoms with Crippen molar-refractivity contribution in [1.29, 1.82) is 0 Å². The van der Waals surface area contributed by atoms with Crippen LogP contribution in [0.5, 0.6) is 5.75 Å². The molecule has 4 nitrogen and oxygen atoms in total. The number of aromatic nitrogens is 1. The molecule has 0 fully saturated rings. The molecule has 0 saturated carbocycles. The van der Waals surface area contributed by atoms with E-state index < -0.39 is 0 Å². The number of benzene rings is 2. The van der Waals surface area contributed by atoms with Crippen molar-refractivity contribution < 1.29 is 9.53 Å². The molecule has 0 atom stereocenters. The maximum absolute atomic E-state index is 12.0. The second-order valence-electron chi connectivity index (χ2n) is 4.73. The topological polar surface area (TPSA) is 51.2 Å². The molecule has 0 radical (unpaired) electrons. The fourth-order valence-corrected chi connectivity index (χ4v) is 2.55. The highest BCUT2D eigenvalue weighted by atomic mass is 35.5. The summed E-state index contributed by atoms with van der Waals surface area (Å²) in [6.45, 7) is 0.427. The number of rotatable bonds is 5. The standard InChI is InChI=1S/C17H13ClN2O2S/c18-14-5-7-15(8-6-14)22-11-12-1-3-13(4-2-12)16(21)20-17-19-9-10-23-17/h1-10H,11H2,(H,19,20,21). The van der Waals surface area contributed by atoms with Gasteiger partial charge in [-0.3, -0.25) is 10.1 Å². The van der Waals surface area contributed by atoms with Gasteiger partial charge in [0.15, 0.2) is 5.13 Å². The van der Waals surface area contributed by atoms with Crippen LogP contribution in [0.3, 0.4) is 0 Å². The number of thiazole rings is 1. The van der Waals surface area contributed by atoms with E-state index in [9.17, 15) is 4.79 Å². The zero-order valence-electron chi connectivity index (χ0n) is 12.0. The monoisotopic (exact) mass is 344 g/mol. The second kappa shape index (κ2) is 7.26. The molecule has 1 N–H and O–H groups in total. The van der Waals surface area contributed by atoms with Gasteiger partial charge in [-0.05, 0) is 42.0 Å². The summed E-state index contributed by atoms with van der Waals surface area (Å²) in [6, 6.07) is 14.5. The number of carbonyl (C=O) groups is 1. The molecule has 116 valence electrons. The molecule has 6 heteroatoms. The van der Waals surface area contributed by atoms with Crippen LogP contribution in [-0.4, -0.2) is 10.9 Å². The van der Waals surface area contributed by atoms with Gasteiger partial charge in [-0.2, -0.15) is 0 Å². The molecule has 23 heavy (non-hydrogen) atoms. The summed E-state index contributed by atoms with van der Waals surface area (Å²) in [4.78, 5) is 16.1. The zero-order chi connectivity index (χ0) is 16.1. The van der Waals surface area contributed by atoms with E-state index in [1.165, 1.54) is 11.3 Å². The lowest BCUT2D eigenvalue weighted by atomic mass is 10.1. The Morgan fingerprint density at radius 2 is 1.87 bits per heavy atom. The summed E-state index contributed by atoms with van der Waals surface area (Å²) in [5, 5.41) is 5.82. The van der Waals surface area contributed by atoms with Crippen LogP contribution in [0.25, 0.3) is 0 Å². The summed E-state index contributed by atoms with van der Waals surface area (Å²) in [6.07, 6.45) is 1.65. The summed E-state index contributed by atoms with van der Waals surface area (Å²) < 4.78 is 5.67. The van der Waals surface area contributed by atoms with Crippen LogP contribution >= 0.6 is 22.9 Å². The van der Waals surface area contributed by atoms with Crippen LogP contribution in [0.4, 0.5) is 5.13 Å². The molecule has 3 aromatic rings. The molecule has 2 aromatic carbocycles. The van der Waals surface area contributed by atoms with Gasteiger partial charge < -0.3 is 4.74 Å². The molecule has 0 aliphatic rings. The molecule has 3 rings (SSSR count). The summed E-state index contributed by atoms with van der Waals surface area (Å²) in [5.41, 5.74) is 1.56. The first-order valence-electron chi connectivity index (χ1n) is 6.89. The number of anilines is 1. The van der Waals surface area contributed by atoms with E-state index in [-0.39, 0.29) is 5.91 Å². The second-order valence-corrected chi connectivity index (χ2v) is 6.06. The minimum Gasteiger partial charge on any atom is -0.489 e. The van der Waals surface area contributed by atoms with Crippen molar-refractivity contribution in [2.24, 2.45) is 0 Å². The first-order valence-corrected chi connectivity index (χ1v) is 8.14. The maximum Gasteiger partial charge on any atom is 0.257 e. The summed E-state index contributed by atoms with van der Waals surface area (Å²) >= 11 is 7.21. The number of amides is 1. The van der Waals surface area contributed by atoms with Crippen LogP contribution in [0.2, 0.25) is 5.02 Å². The van der Waals surface area contributed by atoms with Gasteiger partial charge in [0.2, 0.25) is 0 Å². The lowest BCUT2D eigenvalue weighted by molar-refractivity contribution is 0.102. The van der Waals surface area contributed by atoms with E-state index in [1.54, 1.807) is 30.5 Å². The van der Waals surface area contributed by atoms with Crippen molar-refractivity contribution in [2.75, 3.05) is 5.32 Å². The molecule has 0 aliphatic heterocycles. The number of hydrogen-bond acceptors (Lipinski definition) is 4. The van der Waals surface area contributed by atoms with Gasteiger partial charge in [-0.1, -0.05) is 23.7 Å². The fraction of sp³-hybridized carbons (Fsp3) is 0.0588. The highest BCUT2D eigenvalue weighted by molar-refractivity contribution is 7.13. The van der Waals surface area contributed by atoms with E-state index in [1.807, 2.05) is 29.6 Å². The quantitative estimate of drug-likeness (QED) is 0.734. The predicted octanol–water partition coefficient (Wildman–Crippen LogP) is 4.63. The SMILES string of the molecule is O=C(Nc1nccs1)c1ccc(COc2ccc(Cl)cc2)cc1. The number of ether oxygens (including phenoxy) is 1. The molecule has 1 heterocycles. The first kappa shape index (κ1) is 15.5. The van der Waals surface area contributed by atoms with Gasteiger partial charge in [-0.15, -0.1) is 11.3 Å². The van der Waals surface area contributed by atoms with Crippen molar-refractivity contribution >= 4 is 34.0 Å². The van der Waals surface area contributed by atoms with E-state index >= 15 is 0 Å². The first-order chi connectivity index (χ1) is 11.2. The largest absolute Gasteiger partial charge is 0.489 e. The number of hydrogen-bond donors (Lipinski definition) is 1. The fourth-order valence-electron chi connectivity index (χ4n) is 1.90. The normalized spacial score (nSPS) is 10.3. The number of carbonyl (C=O) groups excluding carboxylic acids is 1. The van der Waals surface area contributed by atoms with Gasteiger partial charge in [-0.25, -0.2) is 4.98 Å². The lowest BCUT2D eigenvalue weighted by Crippen LogP contribution is -2.11. The van der Waals surface area contributed by atoms with Crippen molar-refractivity contribution in [3.63, 3.8) is 0 Å². The van der Waals surface area contributed by atoms with Crippen LogP contribution < -0.4 is 10.1 Å². The van der Waals surface area contributed by atoms with E-state index in [4.69, 9.17) is 16.3 Å². The van der Waals surface area contributed by atoms with Gasteiger partial charge in [0.1, 0.15) is 12.4 Å². The minimum absolute atomic E-state index is 0.176. The Kier molecular flexibility index (Phi) is 4.90. The smallest absolute Gasteiger partial charge is 0.257 e. The van der Waals surface area contributed by atoms with E-state index in [2.05, 4.69) is 10.3 Å². The molecular weight excluding hydrogens is 332 g/mol. The third-order valence-corrected chi connectivity index (χ3v) is 4.03. The van der Waals surface area contributed by atoms with Gasteiger partial charge in [0.25, 0.3) is 5.91 Å². The lowest BCUT2D eigenvalue weighted by Gasteiger charge is -2.07. The predicted molar refractivity (Wildman–Crippen MR) is 92.3 cm³/mol. The Morgan fingerprint density at radius 3 is 2.52 bits per heavy atom. The zero-order valence-corrected chi connectivity index (χ0v) is 13.6. The molecule has 1 amide bonds. The van der Waals surface area contributed by atoms with Crippen molar-refractivity contribution in [3.8, 4) is 5.75 Å². The van der Waals surface area contributed by atoms with Crippen LogP contribution in [-0.2, 0) is 6.61 Å². The van der Waals surface area contributed by atoms with Crippen LogP contribution in [0.1, 0.15) is 15.9 Å². The highest BCUT2D eigenvalue weighted by Gasteiger charge is 2.07. The molecule has 0 aliphatic carbocycles. The van der Waals surface area contributed by atoms with Crippen molar-refractivity contribution in [3.05, 3.63) is 76.3 Å². The molecule has 0 unspecified atom stereocenters. The number of nitrogens with zero attached hydrogens (tertiary/aromatic N) is 1. The third kappa shape index (κ3) is 4.31. The number of nitrogens with one attached hydrogen (secondary N) is 1. The van der Waals surface area contributed by atoms with Crippen LogP contribution in [0.15, 0.2) is 60.1 Å². The number of halogens is 1. The van der Waals surface area contributed by atoms with Crippen LogP contribution in [0, 0.1) is 0 Å². The molecule has 0 bridgehead atoms. The average Bonchev–Trinajstić information content (AvgIpc) is 3.08. The Hall–Kier alpha value is -2.37.